The third-order valence-corrected chi connectivity index (χ3v) is 3.04. The molecule has 0 aliphatic carbocycles. The second kappa shape index (κ2) is 6.39. The zero-order valence-corrected chi connectivity index (χ0v) is 10.3. The van der Waals surface area contributed by atoms with Gasteiger partial charge < -0.3 is 5.32 Å². The molecule has 0 saturated carbocycles. The summed E-state index contributed by atoms with van der Waals surface area (Å²) in [5, 5.41) is 3.38. The minimum absolute atomic E-state index is 0.591. The van der Waals surface area contributed by atoms with Crippen LogP contribution in [0.3, 0.4) is 0 Å². The predicted molar refractivity (Wildman–Crippen MR) is 69.6 cm³/mol. The van der Waals surface area contributed by atoms with Gasteiger partial charge in [-0.3, -0.25) is 9.88 Å². The predicted octanol–water partition coefficient (Wildman–Crippen LogP) is 0.921. The van der Waals surface area contributed by atoms with E-state index in [4.69, 9.17) is 0 Å². The van der Waals surface area contributed by atoms with Crippen molar-refractivity contribution in [2.45, 2.75) is 19.4 Å². The molecule has 1 saturated heterocycles. The maximum atomic E-state index is 4.25. The number of hydrogen-bond acceptors (Lipinski definition) is 3. The Morgan fingerprint density at radius 3 is 3.18 bits per heavy atom. The van der Waals surface area contributed by atoms with Crippen LogP contribution < -0.4 is 5.32 Å². The van der Waals surface area contributed by atoms with Crippen LogP contribution in [0.15, 0.2) is 24.4 Å². The number of aromatic nitrogens is 1. The fourth-order valence-corrected chi connectivity index (χ4v) is 1.93. The lowest BCUT2D eigenvalue weighted by molar-refractivity contribution is 0.196. The molecule has 1 fully saturated rings. The number of nitrogens with zero attached hydrogens (tertiary/aromatic N) is 2. The number of piperazine rings is 1. The molecule has 3 heteroatoms. The smallest absolute Gasteiger partial charge is 0.0604 e. The van der Waals surface area contributed by atoms with E-state index in [0.717, 1.165) is 38.3 Å². The van der Waals surface area contributed by atoms with Crippen molar-refractivity contribution in [3.63, 3.8) is 0 Å². The van der Waals surface area contributed by atoms with Crippen molar-refractivity contribution in [1.82, 2.24) is 15.2 Å². The highest BCUT2D eigenvalue weighted by molar-refractivity contribution is 5.13. The quantitative estimate of drug-likeness (QED) is 0.764. The van der Waals surface area contributed by atoms with Gasteiger partial charge in [-0.2, -0.15) is 0 Å². The van der Waals surface area contributed by atoms with E-state index in [2.05, 4.69) is 34.0 Å². The van der Waals surface area contributed by atoms with E-state index in [-0.39, 0.29) is 0 Å². The first-order valence-electron chi connectivity index (χ1n) is 6.16. The third kappa shape index (κ3) is 3.85. The van der Waals surface area contributed by atoms with Crippen molar-refractivity contribution in [3.8, 4) is 11.8 Å². The summed E-state index contributed by atoms with van der Waals surface area (Å²) in [7, 11) is 0. The minimum Gasteiger partial charge on any atom is -0.314 e. The lowest BCUT2D eigenvalue weighted by Gasteiger charge is -2.32. The van der Waals surface area contributed by atoms with Crippen molar-refractivity contribution < 1.29 is 0 Å². The summed E-state index contributed by atoms with van der Waals surface area (Å²) in [5.41, 5.74) is 1.05. The van der Waals surface area contributed by atoms with Crippen LogP contribution in [0.25, 0.3) is 0 Å². The Hall–Kier alpha value is -1.37. The topological polar surface area (TPSA) is 28.2 Å². The Morgan fingerprint density at radius 1 is 1.47 bits per heavy atom. The molecular weight excluding hydrogens is 210 g/mol. The molecule has 0 aromatic carbocycles. The summed E-state index contributed by atoms with van der Waals surface area (Å²) in [6.07, 6.45) is 2.57. The normalized spacial score (nSPS) is 20.6. The van der Waals surface area contributed by atoms with Gasteiger partial charge in [-0.25, -0.2) is 0 Å². The molecule has 1 N–H and O–H groups in total. The first-order chi connectivity index (χ1) is 8.36. The van der Waals surface area contributed by atoms with E-state index in [1.54, 1.807) is 0 Å². The van der Waals surface area contributed by atoms with Gasteiger partial charge in [0.05, 0.1) is 18.7 Å². The van der Waals surface area contributed by atoms with Gasteiger partial charge >= 0.3 is 0 Å². The van der Waals surface area contributed by atoms with Crippen LogP contribution in [0.2, 0.25) is 0 Å². The van der Waals surface area contributed by atoms with Crippen LogP contribution in [0.1, 0.15) is 12.6 Å². The summed E-state index contributed by atoms with van der Waals surface area (Å²) in [6.45, 7) is 6.36. The molecule has 1 aliphatic heterocycles. The van der Waals surface area contributed by atoms with E-state index >= 15 is 0 Å². The van der Waals surface area contributed by atoms with Gasteiger partial charge in [0.15, 0.2) is 0 Å². The van der Waals surface area contributed by atoms with E-state index in [9.17, 15) is 0 Å². The summed E-state index contributed by atoms with van der Waals surface area (Å²) < 4.78 is 0. The lowest BCUT2D eigenvalue weighted by Crippen LogP contribution is -2.49. The van der Waals surface area contributed by atoms with Crippen molar-refractivity contribution in [2.75, 3.05) is 26.2 Å². The third-order valence-electron chi connectivity index (χ3n) is 3.04. The Bertz CT molecular complexity index is 391. The van der Waals surface area contributed by atoms with Gasteiger partial charge in [0.2, 0.25) is 0 Å². The molecule has 0 spiro atoms. The summed E-state index contributed by atoms with van der Waals surface area (Å²) in [5.74, 6) is 6.44. The molecule has 1 aromatic rings. The second-order valence-electron chi connectivity index (χ2n) is 4.38. The Labute approximate surface area is 103 Å². The van der Waals surface area contributed by atoms with Crippen molar-refractivity contribution in [3.05, 3.63) is 30.1 Å². The molecule has 90 valence electrons. The highest BCUT2D eigenvalue weighted by Gasteiger charge is 2.15. The molecule has 17 heavy (non-hydrogen) atoms. The molecular formula is C14H19N3. The van der Waals surface area contributed by atoms with Crippen LogP contribution in [0.5, 0.6) is 0 Å². The van der Waals surface area contributed by atoms with Crippen LogP contribution in [0.4, 0.5) is 0 Å². The van der Waals surface area contributed by atoms with Gasteiger partial charge in [0, 0.05) is 31.9 Å². The molecule has 1 aliphatic rings. The summed E-state index contributed by atoms with van der Waals surface area (Å²) >= 11 is 0. The molecule has 0 amide bonds. The highest BCUT2D eigenvalue weighted by Crippen LogP contribution is 2.00. The first-order valence-corrected chi connectivity index (χ1v) is 6.16. The highest BCUT2D eigenvalue weighted by atomic mass is 15.2. The minimum atomic E-state index is 0.591. The number of rotatable bonds is 2. The Balaban J connectivity index is 1.78. The molecule has 0 radical (unpaired) electrons. The maximum Gasteiger partial charge on any atom is 0.0604 e. The monoisotopic (exact) mass is 229 g/mol. The zero-order valence-electron chi connectivity index (χ0n) is 10.3. The maximum absolute atomic E-state index is 4.25. The molecule has 2 heterocycles. The van der Waals surface area contributed by atoms with Crippen molar-refractivity contribution in [1.29, 1.82) is 0 Å². The Kier molecular flexibility index (Phi) is 4.54. The standard InChI is InChI=1S/C14H19N3/c1-13-12-15-9-11-17(13)10-5-3-7-14-6-2-4-8-16-14/h2,4,6,8,13,15H,7,9-12H2,1H3. The van der Waals surface area contributed by atoms with E-state index < -0.39 is 0 Å². The number of pyridine rings is 1. The summed E-state index contributed by atoms with van der Waals surface area (Å²) in [6, 6.07) is 6.54. The van der Waals surface area contributed by atoms with Crippen molar-refractivity contribution in [2.24, 2.45) is 0 Å². The molecule has 0 bridgehead atoms. The second-order valence-corrected chi connectivity index (χ2v) is 4.38. The van der Waals surface area contributed by atoms with E-state index in [1.165, 1.54) is 0 Å². The average Bonchev–Trinajstić information content (AvgIpc) is 2.38. The largest absolute Gasteiger partial charge is 0.314 e. The van der Waals surface area contributed by atoms with Crippen LogP contribution >= 0.6 is 0 Å². The molecule has 1 unspecified atom stereocenters. The number of hydrogen-bond donors (Lipinski definition) is 1. The molecule has 2 rings (SSSR count). The number of nitrogens with one attached hydrogen (secondary N) is 1. The molecule has 1 aromatic heterocycles. The summed E-state index contributed by atoms with van der Waals surface area (Å²) in [4.78, 5) is 6.67. The Morgan fingerprint density at radius 2 is 2.41 bits per heavy atom. The molecule has 1 atom stereocenters. The zero-order chi connectivity index (χ0) is 11.9. The van der Waals surface area contributed by atoms with Crippen LogP contribution in [-0.2, 0) is 6.42 Å². The van der Waals surface area contributed by atoms with Gasteiger partial charge in [-0.05, 0) is 19.1 Å². The average molecular weight is 229 g/mol. The lowest BCUT2D eigenvalue weighted by atomic mass is 10.2. The first kappa shape index (κ1) is 12.1. The van der Waals surface area contributed by atoms with Gasteiger partial charge in [0.25, 0.3) is 0 Å². The SMILES string of the molecule is CC1CNCCN1CC#CCc1ccccn1. The van der Waals surface area contributed by atoms with Crippen molar-refractivity contribution >= 4 is 0 Å². The van der Waals surface area contributed by atoms with Gasteiger partial charge in [-0.1, -0.05) is 17.9 Å². The fraction of sp³-hybridized carbons (Fsp3) is 0.500. The fourth-order valence-electron chi connectivity index (χ4n) is 1.93. The van der Waals surface area contributed by atoms with E-state index in [1.807, 2.05) is 24.4 Å². The van der Waals surface area contributed by atoms with Crippen LogP contribution in [0, 0.1) is 11.8 Å². The van der Waals surface area contributed by atoms with Gasteiger partial charge in [0.1, 0.15) is 0 Å². The van der Waals surface area contributed by atoms with E-state index in [0.29, 0.717) is 6.04 Å². The van der Waals surface area contributed by atoms with Gasteiger partial charge in [-0.15, -0.1) is 0 Å². The molecule has 3 nitrogen and oxygen atoms in total. The van der Waals surface area contributed by atoms with Crippen LogP contribution in [-0.4, -0.2) is 42.1 Å².